The van der Waals surface area contributed by atoms with Crippen LogP contribution in [0.25, 0.3) is 10.9 Å². The molecule has 110 valence electrons. The van der Waals surface area contributed by atoms with E-state index in [4.69, 9.17) is 10.8 Å². The molecule has 1 saturated carbocycles. The van der Waals surface area contributed by atoms with Crippen molar-refractivity contribution >= 4 is 22.7 Å². The van der Waals surface area contributed by atoms with Crippen LogP contribution in [0.4, 0.5) is 19.0 Å². The highest BCUT2D eigenvalue weighted by Gasteiger charge is 2.32. The third-order valence-electron chi connectivity index (χ3n) is 3.49. The summed E-state index contributed by atoms with van der Waals surface area (Å²) in [5.74, 6) is -6.87. The maximum atomic E-state index is 14.0. The van der Waals surface area contributed by atoms with Crippen LogP contribution in [-0.2, 0) is 0 Å². The number of nitrogens with zero attached hydrogens (tertiary/aromatic N) is 1. The molecule has 0 spiro atoms. The molecule has 0 atom stereocenters. The van der Waals surface area contributed by atoms with Crippen LogP contribution in [0, 0.1) is 17.5 Å². The number of carbonyl (C=O) groups is 1. The molecular weight excluding hydrogens is 289 g/mol. The lowest BCUT2D eigenvalue weighted by molar-refractivity contribution is 0.0696. The highest BCUT2D eigenvalue weighted by molar-refractivity contribution is 5.98. The summed E-state index contributed by atoms with van der Waals surface area (Å²) in [6.07, 6.45) is 1.17. The largest absolute Gasteiger partial charge is 0.477 e. The van der Waals surface area contributed by atoms with Crippen LogP contribution >= 0.6 is 0 Å². The number of rotatable bonds is 2. The van der Waals surface area contributed by atoms with Crippen molar-refractivity contribution in [1.29, 1.82) is 0 Å². The molecule has 0 aliphatic heterocycles. The fourth-order valence-electron chi connectivity index (χ4n) is 2.40. The van der Waals surface area contributed by atoms with Gasteiger partial charge in [-0.1, -0.05) is 0 Å². The standard InChI is InChI=1S/C13H9F3N2O3/c14-6-3-5-10(9(16)8(6)15)18(4-1-2-4)12(17)7(11(5)19)13(20)21/h3-4H,1-2,17H2,(H,20,21). The lowest BCUT2D eigenvalue weighted by Crippen LogP contribution is -2.24. The Morgan fingerprint density at radius 2 is 1.90 bits per heavy atom. The highest BCUT2D eigenvalue weighted by atomic mass is 19.2. The van der Waals surface area contributed by atoms with Gasteiger partial charge in [0.05, 0.1) is 10.9 Å². The van der Waals surface area contributed by atoms with E-state index >= 15 is 0 Å². The number of aromatic carboxylic acids is 1. The van der Waals surface area contributed by atoms with Gasteiger partial charge in [0.25, 0.3) is 0 Å². The van der Waals surface area contributed by atoms with Crippen LogP contribution in [0.15, 0.2) is 10.9 Å². The number of carboxylic acid groups (broad SMARTS) is 1. The summed E-state index contributed by atoms with van der Waals surface area (Å²) in [5.41, 5.74) is 3.25. The van der Waals surface area contributed by atoms with E-state index in [1.165, 1.54) is 0 Å². The molecule has 1 aliphatic carbocycles. The molecule has 8 heteroatoms. The van der Waals surface area contributed by atoms with Gasteiger partial charge in [-0.15, -0.1) is 0 Å². The molecule has 3 rings (SSSR count). The summed E-state index contributed by atoms with van der Waals surface area (Å²) in [6, 6.07) is 0.173. The number of pyridine rings is 1. The van der Waals surface area contributed by atoms with Crippen molar-refractivity contribution in [2.24, 2.45) is 0 Å². The Labute approximate surface area is 115 Å². The zero-order valence-electron chi connectivity index (χ0n) is 10.5. The summed E-state index contributed by atoms with van der Waals surface area (Å²) in [6.45, 7) is 0. The Morgan fingerprint density at radius 1 is 1.29 bits per heavy atom. The van der Waals surface area contributed by atoms with Gasteiger partial charge in [0.2, 0.25) is 5.43 Å². The van der Waals surface area contributed by atoms with Crippen molar-refractivity contribution in [2.75, 3.05) is 5.73 Å². The van der Waals surface area contributed by atoms with Crippen LogP contribution in [0.3, 0.4) is 0 Å². The summed E-state index contributed by atoms with van der Waals surface area (Å²) < 4.78 is 41.8. The first kappa shape index (κ1) is 13.5. The maximum absolute atomic E-state index is 14.0. The van der Waals surface area contributed by atoms with E-state index in [0.29, 0.717) is 18.9 Å². The van der Waals surface area contributed by atoms with E-state index in [9.17, 15) is 22.8 Å². The van der Waals surface area contributed by atoms with Crippen molar-refractivity contribution in [3.05, 3.63) is 39.3 Å². The number of aromatic nitrogens is 1. The van der Waals surface area contributed by atoms with Gasteiger partial charge in [0, 0.05) is 6.04 Å². The smallest absolute Gasteiger partial charge is 0.343 e. The fourth-order valence-corrected chi connectivity index (χ4v) is 2.40. The maximum Gasteiger partial charge on any atom is 0.343 e. The van der Waals surface area contributed by atoms with Crippen molar-refractivity contribution < 1.29 is 23.1 Å². The Hall–Kier alpha value is -2.51. The van der Waals surface area contributed by atoms with E-state index in [1.807, 2.05) is 0 Å². The average molecular weight is 298 g/mol. The monoisotopic (exact) mass is 298 g/mol. The number of nitrogen functional groups attached to an aromatic ring is 1. The van der Waals surface area contributed by atoms with Gasteiger partial charge in [-0.3, -0.25) is 4.79 Å². The SMILES string of the molecule is Nc1c(C(=O)O)c(=O)c2cc(F)c(F)c(F)c2n1C1CC1. The minimum Gasteiger partial charge on any atom is -0.477 e. The van der Waals surface area contributed by atoms with Crippen LogP contribution in [-0.4, -0.2) is 15.6 Å². The average Bonchev–Trinajstić information content (AvgIpc) is 3.22. The summed E-state index contributed by atoms with van der Waals surface area (Å²) >= 11 is 0. The molecule has 2 aromatic rings. The lowest BCUT2D eigenvalue weighted by Gasteiger charge is -2.16. The number of benzene rings is 1. The van der Waals surface area contributed by atoms with Crippen molar-refractivity contribution in [3.8, 4) is 0 Å². The molecule has 1 aliphatic rings. The molecule has 21 heavy (non-hydrogen) atoms. The molecule has 0 saturated heterocycles. The molecule has 0 unspecified atom stereocenters. The van der Waals surface area contributed by atoms with Crippen LogP contribution in [0.1, 0.15) is 29.2 Å². The van der Waals surface area contributed by atoms with Crippen LogP contribution in [0.5, 0.6) is 0 Å². The minimum atomic E-state index is -1.72. The Kier molecular flexibility index (Phi) is 2.72. The second kappa shape index (κ2) is 4.24. The van der Waals surface area contributed by atoms with Gasteiger partial charge in [-0.05, 0) is 18.9 Å². The Morgan fingerprint density at radius 3 is 2.43 bits per heavy atom. The van der Waals surface area contributed by atoms with Crippen molar-refractivity contribution in [3.63, 3.8) is 0 Å². The third kappa shape index (κ3) is 1.78. The topological polar surface area (TPSA) is 85.3 Å². The second-order valence-electron chi connectivity index (χ2n) is 4.88. The number of anilines is 1. The normalized spacial score (nSPS) is 14.6. The number of hydrogen-bond donors (Lipinski definition) is 2. The summed E-state index contributed by atoms with van der Waals surface area (Å²) in [7, 11) is 0. The van der Waals surface area contributed by atoms with Gasteiger partial charge in [-0.25, -0.2) is 18.0 Å². The van der Waals surface area contributed by atoms with Gasteiger partial charge in [0.15, 0.2) is 17.5 Å². The molecule has 0 amide bonds. The molecule has 1 heterocycles. The third-order valence-corrected chi connectivity index (χ3v) is 3.49. The number of hydrogen-bond acceptors (Lipinski definition) is 3. The first-order chi connectivity index (χ1) is 9.84. The van der Waals surface area contributed by atoms with Crippen molar-refractivity contribution in [1.82, 2.24) is 4.57 Å². The zero-order chi connectivity index (χ0) is 15.5. The number of carboxylic acids is 1. The molecule has 1 fully saturated rings. The van der Waals surface area contributed by atoms with Crippen molar-refractivity contribution in [2.45, 2.75) is 18.9 Å². The van der Waals surface area contributed by atoms with Crippen LogP contribution < -0.4 is 11.2 Å². The quantitative estimate of drug-likeness (QED) is 0.831. The summed E-state index contributed by atoms with van der Waals surface area (Å²) in [5, 5.41) is 8.53. The first-order valence-electron chi connectivity index (χ1n) is 6.09. The molecule has 1 aromatic carbocycles. The minimum absolute atomic E-state index is 0.328. The van der Waals surface area contributed by atoms with E-state index in [1.54, 1.807) is 0 Å². The first-order valence-corrected chi connectivity index (χ1v) is 6.09. The fraction of sp³-hybridized carbons (Fsp3) is 0.231. The molecule has 3 N–H and O–H groups in total. The highest BCUT2D eigenvalue weighted by Crippen LogP contribution is 2.40. The lowest BCUT2D eigenvalue weighted by atomic mass is 10.1. The Balaban J connectivity index is 2.60. The molecule has 0 radical (unpaired) electrons. The van der Waals surface area contributed by atoms with E-state index in [2.05, 4.69) is 0 Å². The van der Waals surface area contributed by atoms with E-state index < -0.39 is 51.1 Å². The molecule has 1 aromatic heterocycles. The van der Waals surface area contributed by atoms with Crippen LogP contribution in [0.2, 0.25) is 0 Å². The van der Waals surface area contributed by atoms with Gasteiger partial charge < -0.3 is 15.4 Å². The predicted molar refractivity (Wildman–Crippen MR) is 67.7 cm³/mol. The molecular formula is C13H9F3N2O3. The summed E-state index contributed by atoms with van der Waals surface area (Å²) in [4.78, 5) is 23.2. The van der Waals surface area contributed by atoms with Gasteiger partial charge >= 0.3 is 5.97 Å². The van der Waals surface area contributed by atoms with Gasteiger partial charge in [-0.2, -0.15) is 0 Å². The second-order valence-corrected chi connectivity index (χ2v) is 4.88. The zero-order valence-corrected chi connectivity index (χ0v) is 10.5. The molecule has 0 bridgehead atoms. The van der Waals surface area contributed by atoms with Gasteiger partial charge in [0.1, 0.15) is 11.4 Å². The molecule has 5 nitrogen and oxygen atoms in total. The number of nitrogens with two attached hydrogens (primary N) is 1. The van der Waals surface area contributed by atoms with E-state index in [-0.39, 0.29) is 6.04 Å². The number of halogens is 3. The number of fused-ring (bicyclic) bond motifs is 1. The Bertz CT molecular complexity index is 856. The predicted octanol–water partition coefficient (Wildman–Crippen LogP) is 2.03. The van der Waals surface area contributed by atoms with E-state index in [0.717, 1.165) is 4.57 Å².